The SMILES string of the molecule is CC(C)Cn1c(N)c(C(=O)COC(=O)CCOc2ccccc2)c(=O)n(C)c1=O. The van der Waals surface area contributed by atoms with Crippen LogP contribution in [0.3, 0.4) is 0 Å². The first-order valence-corrected chi connectivity index (χ1v) is 9.18. The first-order valence-electron chi connectivity index (χ1n) is 9.18. The topological polar surface area (TPSA) is 123 Å². The minimum absolute atomic E-state index is 0.0670. The number of hydrogen-bond acceptors (Lipinski definition) is 7. The average Bonchev–Trinajstić information content (AvgIpc) is 2.69. The highest BCUT2D eigenvalue weighted by atomic mass is 16.5. The number of rotatable bonds is 9. The molecule has 0 aliphatic carbocycles. The number of aromatic nitrogens is 2. The maximum atomic E-state index is 12.5. The van der Waals surface area contributed by atoms with Crippen molar-refractivity contribution in [3.05, 3.63) is 56.7 Å². The zero-order valence-electron chi connectivity index (χ0n) is 16.7. The molecule has 1 aromatic carbocycles. The molecule has 2 rings (SSSR count). The molecule has 156 valence electrons. The summed E-state index contributed by atoms with van der Waals surface area (Å²) in [5.74, 6) is -0.962. The van der Waals surface area contributed by atoms with Crippen LogP contribution in [-0.4, -0.2) is 34.1 Å². The van der Waals surface area contributed by atoms with Gasteiger partial charge in [0.25, 0.3) is 5.56 Å². The normalized spacial score (nSPS) is 10.8. The van der Waals surface area contributed by atoms with Gasteiger partial charge in [-0.1, -0.05) is 32.0 Å². The number of nitrogen functional groups attached to an aromatic ring is 1. The average molecular weight is 403 g/mol. The van der Waals surface area contributed by atoms with E-state index in [0.29, 0.717) is 5.75 Å². The van der Waals surface area contributed by atoms with Crippen molar-refractivity contribution in [3.63, 3.8) is 0 Å². The molecule has 0 aliphatic heterocycles. The molecule has 0 atom stereocenters. The van der Waals surface area contributed by atoms with E-state index in [0.717, 1.165) is 4.57 Å². The van der Waals surface area contributed by atoms with E-state index in [1.807, 2.05) is 19.9 Å². The summed E-state index contributed by atoms with van der Waals surface area (Å²) in [4.78, 5) is 48.9. The number of anilines is 1. The molecular formula is C20H25N3O6. The Morgan fingerprint density at radius 3 is 2.41 bits per heavy atom. The Hall–Kier alpha value is -3.36. The summed E-state index contributed by atoms with van der Waals surface area (Å²) < 4.78 is 12.3. The van der Waals surface area contributed by atoms with E-state index < -0.39 is 29.6 Å². The van der Waals surface area contributed by atoms with E-state index in [-0.39, 0.29) is 36.9 Å². The van der Waals surface area contributed by atoms with E-state index in [1.54, 1.807) is 24.3 Å². The molecule has 0 radical (unpaired) electrons. The van der Waals surface area contributed by atoms with Crippen molar-refractivity contribution < 1.29 is 19.1 Å². The quantitative estimate of drug-likeness (QED) is 0.489. The van der Waals surface area contributed by atoms with Gasteiger partial charge < -0.3 is 15.2 Å². The van der Waals surface area contributed by atoms with E-state index in [1.165, 1.54) is 11.6 Å². The Balaban J connectivity index is 2.03. The van der Waals surface area contributed by atoms with E-state index in [9.17, 15) is 19.2 Å². The minimum atomic E-state index is -0.819. The number of hydrogen-bond donors (Lipinski definition) is 1. The molecule has 29 heavy (non-hydrogen) atoms. The lowest BCUT2D eigenvalue weighted by atomic mass is 10.1. The second-order valence-electron chi connectivity index (χ2n) is 6.91. The molecule has 0 unspecified atom stereocenters. The van der Waals surface area contributed by atoms with Crippen LogP contribution in [0.1, 0.15) is 30.6 Å². The number of esters is 1. The molecule has 2 aromatic rings. The van der Waals surface area contributed by atoms with E-state index >= 15 is 0 Å². The van der Waals surface area contributed by atoms with E-state index in [2.05, 4.69) is 0 Å². The van der Waals surface area contributed by atoms with Crippen LogP contribution in [0, 0.1) is 5.92 Å². The van der Waals surface area contributed by atoms with Crippen molar-refractivity contribution in [2.45, 2.75) is 26.8 Å². The number of ether oxygens (including phenoxy) is 2. The van der Waals surface area contributed by atoms with Crippen LogP contribution in [0.2, 0.25) is 0 Å². The summed E-state index contributed by atoms with van der Waals surface area (Å²) in [5.41, 5.74) is 4.14. The molecule has 0 saturated carbocycles. The Morgan fingerprint density at radius 2 is 1.79 bits per heavy atom. The fourth-order valence-electron chi connectivity index (χ4n) is 2.65. The number of ketones is 1. The summed E-state index contributed by atoms with van der Waals surface area (Å²) in [6, 6.07) is 8.94. The predicted octanol–water partition coefficient (Wildman–Crippen LogP) is 0.980. The number of Topliss-reactive ketones (excluding diaryl/α,β-unsaturated/α-hetero) is 1. The molecule has 0 spiro atoms. The van der Waals surface area contributed by atoms with Crippen molar-refractivity contribution in [1.82, 2.24) is 9.13 Å². The zero-order chi connectivity index (χ0) is 21.6. The van der Waals surface area contributed by atoms with Crippen molar-refractivity contribution in [3.8, 4) is 5.75 Å². The monoisotopic (exact) mass is 403 g/mol. The molecule has 2 N–H and O–H groups in total. The zero-order valence-corrected chi connectivity index (χ0v) is 16.7. The standard InChI is InChI=1S/C20H25N3O6/c1-13(2)11-23-18(21)17(19(26)22(3)20(23)27)15(24)12-29-16(25)9-10-28-14-7-5-4-6-8-14/h4-8,13H,9-12,21H2,1-3H3. The van der Waals surface area contributed by atoms with Crippen LogP contribution in [-0.2, 0) is 23.1 Å². The van der Waals surface area contributed by atoms with Gasteiger partial charge in [-0.25, -0.2) is 4.79 Å². The first kappa shape index (κ1) is 21.9. The van der Waals surface area contributed by atoms with Gasteiger partial charge in [-0.05, 0) is 18.1 Å². The van der Waals surface area contributed by atoms with Gasteiger partial charge in [0.15, 0.2) is 6.61 Å². The number of nitrogens with zero attached hydrogens (tertiary/aromatic N) is 2. The highest BCUT2D eigenvalue weighted by molar-refractivity contribution is 6.01. The van der Waals surface area contributed by atoms with Crippen LogP contribution in [0.15, 0.2) is 39.9 Å². The van der Waals surface area contributed by atoms with Gasteiger partial charge in [-0.15, -0.1) is 0 Å². The highest BCUT2D eigenvalue weighted by Crippen LogP contribution is 2.10. The molecule has 0 saturated heterocycles. The number of para-hydroxylation sites is 1. The lowest BCUT2D eigenvalue weighted by Gasteiger charge is -2.16. The number of carbonyl (C=O) groups excluding carboxylic acids is 2. The number of benzene rings is 1. The van der Waals surface area contributed by atoms with Gasteiger partial charge in [-0.2, -0.15) is 0 Å². The maximum Gasteiger partial charge on any atom is 0.332 e. The van der Waals surface area contributed by atoms with Crippen LogP contribution < -0.4 is 21.7 Å². The Kier molecular flexibility index (Phi) is 7.35. The Labute approximate surface area is 167 Å². The third-order valence-electron chi connectivity index (χ3n) is 4.09. The lowest BCUT2D eigenvalue weighted by molar-refractivity contribution is -0.143. The fourth-order valence-corrected chi connectivity index (χ4v) is 2.65. The van der Waals surface area contributed by atoms with Gasteiger partial charge in [0.1, 0.15) is 17.1 Å². The van der Waals surface area contributed by atoms with Gasteiger partial charge in [0.2, 0.25) is 5.78 Å². The van der Waals surface area contributed by atoms with E-state index in [4.69, 9.17) is 15.2 Å². The highest BCUT2D eigenvalue weighted by Gasteiger charge is 2.22. The Bertz CT molecular complexity index is 992. The summed E-state index contributed by atoms with van der Waals surface area (Å²) in [6.07, 6.45) is -0.0670. The third kappa shape index (κ3) is 5.56. The van der Waals surface area contributed by atoms with Crippen LogP contribution in [0.25, 0.3) is 0 Å². The molecule has 1 heterocycles. The summed E-state index contributed by atoms with van der Waals surface area (Å²) in [7, 11) is 1.27. The molecule has 0 bridgehead atoms. The fraction of sp³-hybridized carbons (Fsp3) is 0.400. The minimum Gasteiger partial charge on any atom is -0.493 e. The van der Waals surface area contributed by atoms with Crippen molar-refractivity contribution in [2.75, 3.05) is 18.9 Å². The van der Waals surface area contributed by atoms with Crippen LogP contribution in [0.5, 0.6) is 5.75 Å². The predicted molar refractivity (Wildman–Crippen MR) is 107 cm³/mol. The molecular weight excluding hydrogens is 378 g/mol. The molecule has 9 heteroatoms. The van der Waals surface area contributed by atoms with Crippen LogP contribution >= 0.6 is 0 Å². The number of nitrogens with two attached hydrogens (primary N) is 1. The van der Waals surface area contributed by atoms with Crippen LogP contribution in [0.4, 0.5) is 5.82 Å². The van der Waals surface area contributed by atoms with Gasteiger partial charge in [0, 0.05) is 13.6 Å². The molecule has 0 aliphatic rings. The Morgan fingerprint density at radius 1 is 1.14 bits per heavy atom. The first-order chi connectivity index (χ1) is 13.7. The summed E-state index contributed by atoms with van der Waals surface area (Å²) in [5, 5.41) is 0. The lowest BCUT2D eigenvalue weighted by Crippen LogP contribution is -2.43. The molecule has 9 nitrogen and oxygen atoms in total. The van der Waals surface area contributed by atoms with Gasteiger partial charge in [0.05, 0.1) is 13.0 Å². The third-order valence-corrected chi connectivity index (χ3v) is 4.09. The molecule has 1 aromatic heterocycles. The summed E-state index contributed by atoms with van der Waals surface area (Å²) in [6.45, 7) is 3.43. The van der Waals surface area contributed by atoms with Gasteiger partial charge >= 0.3 is 11.7 Å². The maximum absolute atomic E-state index is 12.5. The van der Waals surface area contributed by atoms with Crippen molar-refractivity contribution in [2.24, 2.45) is 13.0 Å². The number of carbonyl (C=O) groups is 2. The largest absolute Gasteiger partial charge is 0.493 e. The smallest absolute Gasteiger partial charge is 0.332 e. The molecule has 0 fully saturated rings. The van der Waals surface area contributed by atoms with Gasteiger partial charge in [-0.3, -0.25) is 23.5 Å². The van der Waals surface area contributed by atoms with Crippen molar-refractivity contribution in [1.29, 1.82) is 0 Å². The second-order valence-corrected chi connectivity index (χ2v) is 6.91. The van der Waals surface area contributed by atoms with Crippen molar-refractivity contribution >= 4 is 17.6 Å². The summed E-state index contributed by atoms with van der Waals surface area (Å²) >= 11 is 0. The second kappa shape index (κ2) is 9.72. The molecule has 0 amide bonds.